The van der Waals surface area contributed by atoms with E-state index in [0.29, 0.717) is 0 Å². The first kappa shape index (κ1) is 29.9. The topological polar surface area (TPSA) is 91.0 Å². The van der Waals surface area contributed by atoms with Gasteiger partial charge in [0.25, 0.3) is 0 Å². The zero-order chi connectivity index (χ0) is 31.0. The van der Waals surface area contributed by atoms with Crippen LogP contribution in [0.5, 0.6) is 0 Å². The van der Waals surface area contributed by atoms with Gasteiger partial charge in [-0.05, 0) is 109 Å². The molecule has 43 heavy (non-hydrogen) atoms. The fourth-order valence-electron chi connectivity index (χ4n) is 5.07. The van der Waals surface area contributed by atoms with Crippen molar-refractivity contribution in [3.05, 3.63) is 131 Å². The van der Waals surface area contributed by atoms with Gasteiger partial charge in [0.1, 0.15) is 0 Å². The fraction of sp³-hybridized carbons (Fsp3) is 0.189. The summed E-state index contributed by atoms with van der Waals surface area (Å²) in [6.45, 7) is 7.33. The van der Waals surface area contributed by atoms with E-state index in [1.807, 2.05) is 86.6 Å². The third-order valence-corrected chi connectivity index (χ3v) is 8.84. The van der Waals surface area contributed by atoms with Crippen LogP contribution in [0.1, 0.15) is 55.5 Å². The second-order valence-corrected chi connectivity index (χ2v) is 14.0. The van der Waals surface area contributed by atoms with E-state index in [2.05, 4.69) is 29.3 Å². The second-order valence-electron chi connectivity index (χ2n) is 12.0. The first-order valence-electron chi connectivity index (χ1n) is 14.0. The van der Waals surface area contributed by atoms with Crippen LogP contribution in [0.25, 0.3) is 33.7 Å². The predicted octanol–water partition coefficient (Wildman–Crippen LogP) is 7.92. The van der Waals surface area contributed by atoms with Crippen LogP contribution in [-0.2, 0) is 20.9 Å². The molecule has 0 unspecified atom stereocenters. The highest BCUT2D eigenvalue weighted by Gasteiger charge is 2.22. The molecule has 0 amide bonds. The summed E-state index contributed by atoms with van der Waals surface area (Å²) in [6.07, 6.45) is 5.06. The number of aliphatic hydroxyl groups is 1. The Morgan fingerprint density at radius 1 is 0.837 bits per heavy atom. The molecule has 0 atom stereocenters. The van der Waals surface area contributed by atoms with Crippen molar-refractivity contribution in [3.8, 4) is 17.2 Å². The lowest BCUT2D eigenvalue weighted by Gasteiger charge is -2.19. The van der Waals surface area contributed by atoms with Gasteiger partial charge in [-0.1, -0.05) is 60.7 Å². The van der Waals surface area contributed by atoms with Crippen molar-refractivity contribution in [1.82, 2.24) is 4.98 Å². The van der Waals surface area contributed by atoms with E-state index in [0.717, 1.165) is 55.4 Å². The molecule has 5 nitrogen and oxygen atoms in total. The molecule has 1 aromatic heterocycles. The lowest BCUT2D eigenvalue weighted by molar-refractivity contribution is 0.0786. The third-order valence-electron chi connectivity index (χ3n) is 7.71. The summed E-state index contributed by atoms with van der Waals surface area (Å²) in [4.78, 5) is 4.94. The Morgan fingerprint density at radius 3 is 2.09 bits per heavy atom. The largest absolute Gasteiger partial charge is 0.386 e. The maximum Gasteiger partial charge on any atom is 0.175 e. The monoisotopic (exact) mass is 586 g/mol. The van der Waals surface area contributed by atoms with Crippen molar-refractivity contribution in [2.75, 3.05) is 6.26 Å². The van der Waals surface area contributed by atoms with Crippen LogP contribution in [-0.4, -0.2) is 24.8 Å². The quantitative estimate of drug-likeness (QED) is 0.196. The summed E-state index contributed by atoms with van der Waals surface area (Å²) in [5, 5.41) is 21.3. The molecule has 0 radical (unpaired) electrons. The van der Waals surface area contributed by atoms with Gasteiger partial charge >= 0.3 is 0 Å². The van der Waals surface area contributed by atoms with Crippen LogP contribution >= 0.6 is 0 Å². The molecule has 0 aliphatic rings. The summed E-state index contributed by atoms with van der Waals surface area (Å²) in [5.41, 5.74) is 6.49. The van der Waals surface area contributed by atoms with Crippen molar-refractivity contribution in [3.63, 3.8) is 0 Å². The predicted molar refractivity (Wildman–Crippen MR) is 174 cm³/mol. The summed E-state index contributed by atoms with van der Waals surface area (Å²) in [5.74, 6) is 0. The van der Waals surface area contributed by atoms with E-state index in [-0.39, 0.29) is 4.90 Å². The zero-order valence-corrected chi connectivity index (χ0v) is 25.8. The van der Waals surface area contributed by atoms with Gasteiger partial charge in [0, 0.05) is 23.4 Å². The van der Waals surface area contributed by atoms with Gasteiger partial charge in [0.05, 0.1) is 27.5 Å². The molecule has 0 saturated heterocycles. The number of sulfone groups is 1. The van der Waals surface area contributed by atoms with Gasteiger partial charge < -0.3 is 5.11 Å². The maximum atomic E-state index is 12.1. The van der Waals surface area contributed by atoms with E-state index >= 15 is 0 Å². The van der Waals surface area contributed by atoms with E-state index in [1.54, 1.807) is 32.2 Å². The van der Waals surface area contributed by atoms with E-state index in [4.69, 9.17) is 0 Å². The molecule has 0 fully saturated rings. The van der Waals surface area contributed by atoms with Gasteiger partial charge in [-0.3, -0.25) is 4.98 Å². The standard InChI is InChI=1S/C37H34N2O3S/c1-36(2,24-38)31-22-29-10-7-19-39-35(29)34(23-31)28-9-6-8-25(20-28)21-33(26-11-15-30(16-12-26)37(3,4)40)27-13-17-32(18-14-27)43(5,41)42/h6-23,40H,1-5H3. The van der Waals surface area contributed by atoms with Crippen LogP contribution < -0.4 is 0 Å². The average molecular weight is 587 g/mol. The van der Waals surface area contributed by atoms with Gasteiger partial charge in [-0.2, -0.15) is 5.26 Å². The lowest BCUT2D eigenvalue weighted by Crippen LogP contribution is -2.15. The molecule has 5 aromatic rings. The Balaban J connectivity index is 1.67. The van der Waals surface area contributed by atoms with Crippen molar-refractivity contribution >= 4 is 32.4 Å². The SMILES string of the molecule is CC(C)(O)c1ccc(C(=Cc2cccc(-c3cc(C(C)(C)C#N)cc4cccnc34)c2)c2ccc(S(C)(=O)=O)cc2)cc1. The molecule has 1 N–H and O–H groups in total. The molecule has 0 aliphatic carbocycles. The Bertz CT molecular complexity index is 1990. The smallest absolute Gasteiger partial charge is 0.175 e. The Labute approximate surface area is 253 Å². The van der Waals surface area contributed by atoms with E-state index in [1.165, 1.54) is 6.26 Å². The molecule has 0 aliphatic heterocycles. The molecular weight excluding hydrogens is 552 g/mol. The highest BCUT2D eigenvalue weighted by molar-refractivity contribution is 7.90. The van der Waals surface area contributed by atoms with E-state index < -0.39 is 20.9 Å². The summed E-state index contributed by atoms with van der Waals surface area (Å²) in [6, 6.07) is 33.2. The number of nitriles is 1. The van der Waals surface area contributed by atoms with E-state index in [9.17, 15) is 18.8 Å². The number of rotatable bonds is 7. The molecule has 0 bridgehead atoms. The van der Waals surface area contributed by atoms with Crippen molar-refractivity contribution < 1.29 is 13.5 Å². The molecule has 6 heteroatoms. The summed E-state index contributed by atoms with van der Waals surface area (Å²) in [7, 11) is -3.33. The Morgan fingerprint density at radius 2 is 1.49 bits per heavy atom. The van der Waals surface area contributed by atoms with Crippen LogP contribution in [0.2, 0.25) is 0 Å². The molecule has 5 rings (SSSR count). The van der Waals surface area contributed by atoms with Crippen LogP contribution in [0.3, 0.4) is 0 Å². The van der Waals surface area contributed by atoms with Crippen molar-refractivity contribution in [1.29, 1.82) is 5.26 Å². The maximum absolute atomic E-state index is 12.1. The molecule has 4 aromatic carbocycles. The normalized spacial score (nSPS) is 12.7. The van der Waals surface area contributed by atoms with Gasteiger partial charge in [0.2, 0.25) is 0 Å². The van der Waals surface area contributed by atoms with Gasteiger partial charge in [-0.15, -0.1) is 0 Å². The first-order valence-corrected chi connectivity index (χ1v) is 15.9. The minimum Gasteiger partial charge on any atom is -0.386 e. The highest BCUT2D eigenvalue weighted by Crippen LogP contribution is 2.35. The van der Waals surface area contributed by atoms with Gasteiger partial charge in [0.15, 0.2) is 9.84 Å². The number of aromatic nitrogens is 1. The third kappa shape index (κ3) is 6.44. The minimum absolute atomic E-state index is 0.259. The number of nitrogens with zero attached hydrogens (tertiary/aromatic N) is 2. The molecule has 216 valence electrons. The Kier molecular flexibility index (Phi) is 7.83. The van der Waals surface area contributed by atoms with Crippen molar-refractivity contribution in [2.45, 2.75) is 43.6 Å². The number of pyridine rings is 1. The number of fused-ring (bicyclic) bond motifs is 1. The Hall–Kier alpha value is -4.57. The number of benzene rings is 4. The second kappa shape index (κ2) is 11.3. The molecule has 0 saturated carbocycles. The lowest BCUT2D eigenvalue weighted by atomic mass is 9.83. The van der Waals surface area contributed by atoms with Crippen molar-refractivity contribution in [2.24, 2.45) is 0 Å². The first-order chi connectivity index (χ1) is 20.3. The van der Waals surface area contributed by atoms with Gasteiger partial charge in [-0.25, -0.2) is 8.42 Å². The van der Waals surface area contributed by atoms with Crippen LogP contribution in [0.15, 0.2) is 108 Å². The fourth-order valence-corrected chi connectivity index (χ4v) is 5.70. The van der Waals surface area contributed by atoms with Crippen LogP contribution in [0.4, 0.5) is 0 Å². The molecule has 1 heterocycles. The highest BCUT2D eigenvalue weighted by atomic mass is 32.2. The average Bonchev–Trinajstić information content (AvgIpc) is 2.98. The van der Waals surface area contributed by atoms with Crippen LogP contribution in [0, 0.1) is 11.3 Å². The molecular formula is C37H34N2O3S. The minimum atomic E-state index is -3.33. The zero-order valence-electron chi connectivity index (χ0n) is 25.0. The molecule has 0 spiro atoms. The summed E-state index contributed by atoms with van der Waals surface area (Å²) < 4.78 is 24.2. The summed E-state index contributed by atoms with van der Waals surface area (Å²) >= 11 is 0. The number of hydrogen-bond acceptors (Lipinski definition) is 5. The number of hydrogen-bond donors (Lipinski definition) is 1.